The van der Waals surface area contributed by atoms with Crippen molar-refractivity contribution < 1.29 is 9.18 Å². The molecule has 1 heterocycles. The first-order valence-electron chi connectivity index (χ1n) is 7.92. The Morgan fingerprint density at radius 3 is 2.58 bits per heavy atom. The van der Waals surface area contributed by atoms with Crippen molar-refractivity contribution in [3.8, 4) is 0 Å². The highest BCUT2D eigenvalue weighted by Gasteiger charge is 2.20. The largest absolute Gasteiger partial charge is 0.320 e. The third kappa shape index (κ3) is 4.29. The number of pyridine rings is 1. The second-order valence-electron chi connectivity index (χ2n) is 5.88. The van der Waals surface area contributed by atoms with E-state index in [0.29, 0.717) is 6.54 Å². The molecule has 0 fully saturated rings. The summed E-state index contributed by atoms with van der Waals surface area (Å²) in [7, 11) is 0. The van der Waals surface area contributed by atoms with Gasteiger partial charge in [-0.25, -0.2) is 4.39 Å². The van der Waals surface area contributed by atoms with Gasteiger partial charge in [-0.15, -0.1) is 0 Å². The molecule has 2 unspecified atom stereocenters. The van der Waals surface area contributed by atoms with Gasteiger partial charge in [-0.05, 0) is 35.7 Å². The van der Waals surface area contributed by atoms with E-state index in [1.165, 1.54) is 16.7 Å². The van der Waals surface area contributed by atoms with Gasteiger partial charge >= 0.3 is 0 Å². The standard InChI is InChI=1S/C18H22FN3O2/c1-3-12(2)16(20)17(23)21-15-5-4-10-22(18(15)24)11-13-6-8-14(19)9-7-13/h4-10,12,16H,3,11,20H2,1-2H3,(H,21,23). The fourth-order valence-electron chi connectivity index (χ4n) is 2.27. The highest BCUT2D eigenvalue weighted by molar-refractivity contribution is 5.94. The number of nitrogens with one attached hydrogen (secondary N) is 1. The van der Waals surface area contributed by atoms with Gasteiger partial charge in [0.05, 0.1) is 12.6 Å². The van der Waals surface area contributed by atoms with Gasteiger partial charge in [0.15, 0.2) is 0 Å². The SMILES string of the molecule is CCC(C)C(N)C(=O)Nc1cccn(Cc2ccc(F)cc2)c1=O. The average molecular weight is 331 g/mol. The van der Waals surface area contributed by atoms with Crippen molar-refractivity contribution >= 4 is 11.6 Å². The minimum atomic E-state index is -0.667. The van der Waals surface area contributed by atoms with Crippen molar-refractivity contribution in [2.75, 3.05) is 5.32 Å². The Labute approximate surface area is 140 Å². The number of hydrogen-bond acceptors (Lipinski definition) is 3. The molecule has 0 saturated heterocycles. The van der Waals surface area contributed by atoms with Crippen LogP contribution in [0.5, 0.6) is 0 Å². The topological polar surface area (TPSA) is 77.1 Å². The lowest BCUT2D eigenvalue weighted by molar-refractivity contribution is -0.118. The van der Waals surface area contributed by atoms with Crippen LogP contribution in [0.3, 0.4) is 0 Å². The number of hydrogen-bond donors (Lipinski definition) is 2. The fourth-order valence-corrected chi connectivity index (χ4v) is 2.27. The summed E-state index contributed by atoms with van der Waals surface area (Å²) in [4.78, 5) is 24.6. The molecule has 1 aromatic heterocycles. The van der Waals surface area contributed by atoms with Crippen LogP contribution in [0.25, 0.3) is 0 Å². The summed E-state index contributed by atoms with van der Waals surface area (Å²) in [5.74, 6) is -0.678. The Morgan fingerprint density at radius 1 is 1.29 bits per heavy atom. The van der Waals surface area contributed by atoms with Gasteiger partial charge in [0.25, 0.3) is 5.56 Å². The highest BCUT2D eigenvalue weighted by atomic mass is 19.1. The Hall–Kier alpha value is -2.47. The molecule has 0 aliphatic heterocycles. The smallest absolute Gasteiger partial charge is 0.274 e. The normalized spacial score (nSPS) is 13.3. The molecule has 2 rings (SSSR count). The minimum Gasteiger partial charge on any atom is -0.320 e. The van der Waals surface area contributed by atoms with Crippen LogP contribution in [0.4, 0.5) is 10.1 Å². The predicted octanol–water partition coefficient (Wildman–Crippen LogP) is 2.35. The number of nitrogens with two attached hydrogens (primary N) is 1. The van der Waals surface area contributed by atoms with Crippen LogP contribution in [0.15, 0.2) is 47.4 Å². The first-order chi connectivity index (χ1) is 11.4. The maximum atomic E-state index is 13.0. The zero-order valence-electron chi connectivity index (χ0n) is 13.8. The molecule has 2 aromatic rings. The number of carbonyl (C=O) groups is 1. The van der Waals surface area contributed by atoms with E-state index in [2.05, 4.69) is 5.32 Å². The van der Waals surface area contributed by atoms with Gasteiger partial charge in [0.2, 0.25) is 5.91 Å². The van der Waals surface area contributed by atoms with Crippen molar-refractivity contribution in [3.05, 3.63) is 64.3 Å². The third-order valence-electron chi connectivity index (χ3n) is 4.10. The summed E-state index contributed by atoms with van der Waals surface area (Å²) in [6, 6.07) is 8.48. The van der Waals surface area contributed by atoms with Gasteiger partial charge in [-0.1, -0.05) is 32.4 Å². The lowest BCUT2D eigenvalue weighted by Crippen LogP contribution is -2.41. The summed E-state index contributed by atoms with van der Waals surface area (Å²) in [5.41, 5.74) is 6.54. The van der Waals surface area contributed by atoms with E-state index in [9.17, 15) is 14.0 Å². The molecule has 0 radical (unpaired) electrons. The summed E-state index contributed by atoms with van der Waals surface area (Å²) < 4.78 is 14.4. The van der Waals surface area contributed by atoms with Gasteiger partial charge < -0.3 is 15.6 Å². The lowest BCUT2D eigenvalue weighted by atomic mass is 9.99. The van der Waals surface area contributed by atoms with E-state index in [-0.39, 0.29) is 28.9 Å². The third-order valence-corrected chi connectivity index (χ3v) is 4.10. The number of aromatic nitrogens is 1. The van der Waals surface area contributed by atoms with E-state index in [1.807, 2.05) is 13.8 Å². The molecule has 128 valence electrons. The Bertz CT molecular complexity index is 756. The first-order valence-corrected chi connectivity index (χ1v) is 7.92. The highest BCUT2D eigenvalue weighted by Crippen LogP contribution is 2.09. The Kier molecular flexibility index (Phi) is 5.87. The molecule has 1 amide bonds. The maximum Gasteiger partial charge on any atom is 0.274 e. The van der Waals surface area contributed by atoms with Gasteiger partial charge in [0.1, 0.15) is 11.5 Å². The zero-order chi connectivity index (χ0) is 17.7. The van der Waals surface area contributed by atoms with Crippen molar-refractivity contribution in [3.63, 3.8) is 0 Å². The number of anilines is 1. The molecule has 3 N–H and O–H groups in total. The van der Waals surface area contributed by atoms with Crippen LogP contribution in [-0.2, 0) is 11.3 Å². The molecule has 5 nitrogen and oxygen atoms in total. The Balaban J connectivity index is 2.17. The molecule has 2 atom stereocenters. The van der Waals surface area contributed by atoms with Gasteiger partial charge in [-0.2, -0.15) is 0 Å². The van der Waals surface area contributed by atoms with Crippen LogP contribution >= 0.6 is 0 Å². The second kappa shape index (κ2) is 7.88. The van der Waals surface area contributed by atoms with Gasteiger partial charge in [0, 0.05) is 6.20 Å². The molecule has 0 spiro atoms. The monoisotopic (exact) mass is 331 g/mol. The van der Waals surface area contributed by atoms with Crippen LogP contribution in [-0.4, -0.2) is 16.5 Å². The van der Waals surface area contributed by atoms with E-state index < -0.39 is 6.04 Å². The van der Waals surface area contributed by atoms with Crippen molar-refractivity contribution in [1.29, 1.82) is 0 Å². The summed E-state index contributed by atoms with van der Waals surface area (Å²) in [6.45, 7) is 4.14. The van der Waals surface area contributed by atoms with E-state index in [1.54, 1.807) is 30.5 Å². The summed E-state index contributed by atoms with van der Waals surface area (Å²) >= 11 is 0. The molecule has 1 aromatic carbocycles. The number of nitrogens with zero attached hydrogens (tertiary/aromatic N) is 1. The minimum absolute atomic E-state index is 0.0233. The van der Waals surface area contributed by atoms with E-state index in [0.717, 1.165) is 12.0 Å². The number of carbonyl (C=O) groups excluding carboxylic acids is 1. The quantitative estimate of drug-likeness (QED) is 0.853. The van der Waals surface area contributed by atoms with Crippen molar-refractivity contribution in [2.24, 2.45) is 11.7 Å². The maximum absolute atomic E-state index is 13.0. The van der Waals surface area contributed by atoms with Crippen LogP contribution < -0.4 is 16.6 Å². The molecule has 0 aliphatic rings. The second-order valence-corrected chi connectivity index (χ2v) is 5.88. The average Bonchev–Trinajstić information content (AvgIpc) is 2.58. The predicted molar refractivity (Wildman–Crippen MR) is 92.3 cm³/mol. The lowest BCUT2D eigenvalue weighted by Gasteiger charge is -2.17. The number of amides is 1. The zero-order valence-corrected chi connectivity index (χ0v) is 13.8. The van der Waals surface area contributed by atoms with Crippen LogP contribution in [0, 0.1) is 11.7 Å². The van der Waals surface area contributed by atoms with Gasteiger partial charge in [-0.3, -0.25) is 9.59 Å². The molecular weight excluding hydrogens is 309 g/mol. The first kappa shape index (κ1) is 17.9. The van der Waals surface area contributed by atoms with E-state index in [4.69, 9.17) is 5.73 Å². The number of halogens is 1. The van der Waals surface area contributed by atoms with E-state index >= 15 is 0 Å². The Morgan fingerprint density at radius 2 is 1.96 bits per heavy atom. The molecule has 6 heteroatoms. The molecule has 0 aliphatic carbocycles. The number of benzene rings is 1. The summed E-state index contributed by atoms with van der Waals surface area (Å²) in [6.07, 6.45) is 2.40. The fraction of sp³-hybridized carbons (Fsp3) is 0.333. The van der Waals surface area contributed by atoms with Crippen molar-refractivity contribution in [2.45, 2.75) is 32.9 Å². The number of rotatable bonds is 6. The molecule has 0 saturated carbocycles. The van der Waals surface area contributed by atoms with Crippen LogP contribution in [0.1, 0.15) is 25.8 Å². The molecular formula is C18H22FN3O2. The molecule has 24 heavy (non-hydrogen) atoms. The summed E-state index contributed by atoms with van der Waals surface area (Å²) in [5, 5.41) is 2.60. The van der Waals surface area contributed by atoms with Crippen LogP contribution in [0.2, 0.25) is 0 Å². The molecule has 0 bridgehead atoms. The van der Waals surface area contributed by atoms with Crippen molar-refractivity contribution in [1.82, 2.24) is 4.57 Å².